The molecule has 0 aliphatic carbocycles. The van der Waals surface area contributed by atoms with Gasteiger partial charge in [0.1, 0.15) is 13.2 Å². The molecule has 440 valence electrons. The van der Waals surface area contributed by atoms with Crippen LogP contribution in [-0.2, 0) is 28.6 Å². The van der Waals surface area contributed by atoms with E-state index < -0.39 is 6.10 Å². The fourth-order valence-electron chi connectivity index (χ4n) is 9.53. The van der Waals surface area contributed by atoms with Gasteiger partial charge < -0.3 is 14.2 Å². The zero-order chi connectivity index (χ0) is 55.0. The maximum absolute atomic E-state index is 12.9. The first-order valence-electron chi connectivity index (χ1n) is 32.9. The highest BCUT2D eigenvalue weighted by molar-refractivity contribution is 5.71. The van der Waals surface area contributed by atoms with E-state index in [-0.39, 0.29) is 31.1 Å². The van der Waals surface area contributed by atoms with Gasteiger partial charge in [0.05, 0.1) is 0 Å². The fraction of sp³-hybridized carbons (Fsp3) is 0.786. The molecule has 0 spiro atoms. The van der Waals surface area contributed by atoms with Crippen molar-refractivity contribution in [1.82, 2.24) is 0 Å². The van der Waals surface area contributed by atoms with Gasteiger partial charge in [0.25, 0.3) is 0 Å². The Balaban J connectivity index is 4.31. The van der Waals surface area contributed by atoms with E-state index in [0.29, 0.717) is 19.3 Å². The number of unbranched alkanes of at least 4 members (excludes halogenated alkanes) is 37. The molecule has 0 rings (SSSR count). The molecular formula is C70H124O6. The van der Waals surface area contributed by atoms with Gasteiger partial charge in [-0.1, -0.05) is 299 Å². The van der Waals surface area contributed by atoms with Crippen LogP contribution in [0.4, 0.5) is 0 Å². The molecule has 6 nitrogen and oxygen atoms in total. The molecule has 0 saturated heterocycles. The highest BCUT2D eigenvalue weighted by Gasteiger charge is 2.19. The maximum Gasteiger partial charge on any atom is 0.306 e. The number of carbonyl (C=O) groups is 3. The van der Waals surface area contributed by atoms with E-state index >= 15 is 0 Å². The van der Waals surface area contributed by atoms with Crippen molar-refractivity contribution in [3.63, 3.8) is 0 Å². The van der Waals surface area contributed by atoms with Crippen LogP contribution in [0.3, 0.4) is 0 Å². The first kappa shape index (κ1) is 72.8. The number of ether oxygens (including phenoxy) is 3. The summed E-state index contributed by atoms with van der Waals surface area (Å²) in [4.78, 5) is 38.3. The van der Waals surface area contributed by atoms with Crippen molar-refractivity contribution in [3.05, 3.63) is 72.9 Å². The van der Waals surface area contributed by atoms with E-state index in [1.54, 1.807) is 0 Å². The Kier molecular flexibility index (Phi) is 61.7. The van der Waals surface area contributed by atoms with Crippen LogP contribution in [0.15, 0.2) is 72.9 Å². The Morgan fingerprint density at radius 2 is 0.513 bits per heavy atom. The van der Waals surface area contributed by atoms with Crippen LogP contribution in [-0.4, -0.2) is 37.2 Å². The third-order valence-corrected chi connectivity index (χ3v) is 14.4. The first-order valence-corrected chi connectivity index (χ1v) is 32.9. The van der Waals surface area contributed by atoms with Gasteiger partial charge in [-0.15, -0.1) is 0 Å². The summed E-state index contributed by atoms with van der Waals surface area (Å²) >= 11 is 0. The second-order valence-electron chi connectivity index (χ2n) is 22.0. The molecule has 0 heterocycles. The van der Waals surface area contributed by atoms with Crippen LogP contribution in [0.2, 0.25) is 0 Å². The molecule has 1 unspecified atom stereocenters. The highest BCUT2D eigenvalue weighted by Crippen LogP contribution is 2.17. The topological polar surface area (TPSA) is 78.9 Å². The second kappa shape index (κ2) is 64.4. The predicted octanol–water partition coefficient (Wildman–Crippen LogP) is 22.5. The number of hydrogen-bond donors (Lipinski definition) is 0. The van der Waals surface area contributed by atoms with Gasteiger partial charge >= 0.3 is 17.9 Å². The summed E-state index contributed by atoms with van der Waals surface area (Å²) in [7, 11) is 0. The number of allylic oxidation sites excluding steroid dienone is 12. The summed E-state index contributed by atoms with van der Waals surface area (Å²) in [6.07, 6.45) is 83.4. The molecule has 0 aliphatic rings. The van der Waals surface area contributed by atoms with E-state index in [9.17, 15) is 14.4 Å². The number of carbonyl (C=O) groups excluding carboxylic acids is 3. The van der Waals surface area contributed by atoms with E-state index in [2.05, 4.69) is 93.7 Å². The Bertz CT molecular complexity index is 1400. The van der Waals surface area contributed by atoms with Crippen molar-refractivity contribution in [1.29, 1.82) is 0 Å². The van der Waals surface area contributed by atoms with Gasteiger partial charge in [-0.3, -0.25) is 14.4 Å². The van der Waals surface area contributed by atoms with Gasteiger partial charge in [0.2, 0.25) is 0 Å². The fourth-order valence-corrected chi connectivity index (χ4v) is 9.53. The van der Waals surface area contributed by atoms with Crippen molar-refractivity contribution in [2.45, 2.75) is 341 Å². The molecule has 0 fully saturated rings. The van der Waals surface area contributed by atoms with Gasteiger partial charge in [0.15, 0.2) is 6.10 Å². The molecule has 0 aromatic carbocycles. The zero-order valence-corrected chi connectivity index (χ0v) is 50.5. The second-order valence-corrected chi connectivity index (χ2v) is 22.0. The van der Waals surface area contributed by atoms with Crippen molar-refractivity contribution < 1.29 is 28.6 Å². The largest absolute Gasteiger partial charge is 0.462 e. The van der Waals surface area contributed by atoms with Gasteiger partial charge in [-0.2, -0.15) is 0 Å². The van der Waals surface area contributed by atoms with Crippen molar-refractivity contribution in [2.24, 2.45) is 0 Å². The Morgan fingerprint density at radius 3 is 0.803 bits per heavy atom. The standard InChI is InChI=1S/C70H124O6/c1-4-7-10-13-16-19-22-25-28-30-32-33-34-35-36-37-39-40-42-45-48-51-54-57-60-63-69(72)75-66-67(65-74-68(71)62-59-56-53-50-47-44-27-24-21-18-15-12-9-6-3)76-70(73)64-61-58-55-52-49-46-43-41-38-31-29-26-23-20-17-14-11-8-5-2/h8,11,17,20,22,25-26,29-30,32,38,41,67H,4-7,9-10,12-16,18-19,21,23-24,27-28,31,33-37,39-40,42-66H2,1-3H3/b11-8-,20-17-,25-22-,29-26-,32-30-,41-38-. The van der Waals surface area contributed by atoms with Crippen LogP contribution in [0.25, 0.3) is 0 Å². The van der Waals surface area contributed by atoms with Crippen LogP contribution < -0.4 is 0 Å². The maximum atomic E-state index is 12.9. The van der Waals surface area contributed by atoms with Crippen LogP contribution in [0.5, 0.6) is 0 Å². The van der Waals surface area contributed by atoms with E-state index in [4.69, 9.17) is 14.2 Å². The summed E-state index contributed by atoms with van der Waals surface area (Å²) < 4.78 is 16.9. The molecule has 76 heavy (non-hydrogen) atoms. The van der Waals surface area contributed by atoms with Crippen LogP contribution in [0.1, 0.15) is 335 Å². The normalized spacial score (nSPS) is 12.5. The summed E-state index contributed by atoms with van der Waals surface area (Å²) in [6, 6.07) is 0. The molecule has 0 amide bonds. The molecule has 0 N–H and O–H groups in total. The van der Waals surface area contributed by atoms with Gasteiger partial charge in [-0.05, 0) is 89.9 Å². The molecule has 0 aromatic heterocycles. The zero-order valence-electron chi connectivity index (χ0n) is 50.5. The lowest BCUT2D eigenvalue weighted by molar-refractivity contribution is -0.167. The lowest BCUT2D eigenvalue weighted by Gasteiger charge is -2.18. The lowest BCUT2D eigenvalue weighted by Crippen LogP contribution is -2.30. The van der Waals surface area contributed by atoms with Crippen molar-refractivity contribution in [3.8, 4) is 0 Å². The molecule has 0 saturated carbocycles. The summed E-state index contributed by atoms with van der Waals surface area (Å²) in [5.41, 5.74) is 0. The minimum Gasteiger partial charge on any atom is -0.462 e. The Hall–Kier alpha value is -3.15. The summed E-state index contributed by atoms with van der Waals surface area (Å²) in [5, 5.41) is 0. The molecule has 1 atom stereocenters. The van der Waals surface area contributed by atoms with Crippen molar-refractivity contribution in [2.75, 3.05) is 13.2 Å². The monoisotopic (exact) mass is 1060 g/mol. The molecule has 0 aliphatic heterocycles. The quantitative estimate of drug-likeness (QED) is 0.0261. The summed E-state index contributed by atoms with van der Waals surface area (Å²) in [6.45, 7) is 6.55. The van der Waals surface area contributed by atoms with Crippen LogP contribution >= 0.6 is 0 Å². The molecule has 0 aromatic rings. The lowest BCUT2D eigenvalue weighted by atomic mass is 10.0. The smallest absolute Gasteiger partial charge is 0.306 e. The van der Waals surface area contributed by atoms with E-state index in [1.165, 1.54) is 193 Å². The summed E-state index contributed by atoms with van der Waals surface area (Å²) in [5.74, 6) is -0.875. The Morgan fingerprint density at radius 1 is 0.276 bits per heavy atom. The van der Waals surface area contributed by atoms with E-state index in [0.717, 1.165) is 103 Å². The first-order chi connectivity index (χ1) is 37.5. The van der Waals surface area contributed by atoms with Crippen molar-refractivity contribution >= 4 is 17.9 Å². The molecule has 0 radical (unpaired) electrons. The average Bonchev–Trinajstić information content (AvgIpc) is 3.42. The molecule has 0 bridgehead atoms. The van der Waals surface area contributed by atoms with Gasteiger partial charge in [-0.25, -0.2) is 0 Å². The highest BCUT2D eigenvalue weighted by atomic mass is 16.6. The third kappa shape index (κ3) is 61.7. The molecular weight excluding hydrogens is 937 g/mol. The van der Waals surface area contributed by atoms with E-state index in [1.807, 2.05) is 0 Å². The SMILES string of the molecule is CC/C=C\C/C=C\C/C=C\C/C=C\CCCCCCCCC(=O)OC(COC(=O)CCCCCCCCCCCCCCCC)COC(=O)CCCCCCCCCCCCCCC/C=C\C/C=C\CCCCCCC. The van der Waals surface area contributed by atoms with Gasteiger partial charge in [0, 0.05) is 19.3 Å². The van der Waals surface area contributed by atoms with Crippen LogP contribution in [0, 0.1) is 0 Å². The number of esters is 3. The number of rotatable bonds is 60. The predicted molar refractivity (Wildman–Crippen MR) is 330 cm³/mol. The third-order valence-electron chi connectivity index (χ3n) is 14.4. The minimum atomic E-state index is -0.783. The average molecular weight is 1060 g/mol. The molecule has 6 heteroatoms. The minimum absolute atomic E-state index is 0.0780. The number of hydrogen-bond acceptors (Lipinski definition) is 6. The Labute approximate surface area is 472 Å².